The minimum absolute atomic E-state index is 0.332. The highest BCUT2D eigenvalue weighted by Crippen LogP contribution is 2.44. The molecular weight excluding hydrogens is 322 g/mol. The van der Waals surface area contributed by atoms with Gasteiger partial charge in [0.1, 0.15) is 0 Å². The molecule has 0 radical (unpaired) electrons. The topological polar surface area (TPSA) is 3.24 Å². The van der Waals surface area contributed by atoms with Gasteiger partial charge < -0.3 is 4.90 Å². The van der Waals surface area contributed by atoms with Crippen LogP contribution in [0, 0.1) is 0 Å². The predicted octanol–water partition coefficient (Wildman–Crippen LogP) is 5.62. The summed E-state index contributed by atoms with van der Waals surface area (Å²) >= 11 is 1.98. The van der Waals surface area contributed by atoms with Crippen molar-refractivity contribution in [2.75, 3.05) is 19.6 Å². The van der Waals surface area contributed by atoms with E-state index in [-0.39, 0.29) is 0 Å². The fraction of sp³-hybridized carbons (Fsp3) is 0.478. The number of nitrogens with zero attached hydrogens (tertiary/aromatic N) is 1. The van der Waals surface area contributed by atoms with Crippen LogP contribution in [0.1, 0.15) is 59.6 Å². The largest absolute Gasteiger partial charge is 0.303 e. The Morgan fingerprint density at radius 1 is 1.12 bits per heavy atom. The normalized spacial score (nSPS) is 24.4. The van der Waals surface area contributed by atoms with E-state index in [4.69, 9.17) is 0 Å². The van der Waals surface area contributed by atoms with E-state index in [2.05, 4.69) is 52.8 Å². The average molecular weight is 350 g/mol. The van der Waals surface area contributed by atoms with E-state index < -0.39 is 0 Å². The molecule has 1 spiro atoms. The summed E-state index contributed by atoms with van der Waals surface area (Å²) in [6.45, 7) is 3.78. The zero-order valence-corrected chi connectivity index (χ0v) is 15.7. The molecule has 0 amide bonds. The molecule has 2 heterocycles. The van der Waals surface area contributed by atoms with Gasteiger partial charge in [0, 0.05) is 10.3 Å². The van der Waals surface area contributed by atoms with Crippen molar-refractivity contribution in [3.63, 3.8) is 0 Å². The van der Waals surface area contributed by atoms with Gasteiger partial charge >= 0.3 is 0 Å². The maximum absolute atomic E-state index is 2.72. The minimum Gasteiger partial charge on any atom is -0.303 e. The molecule has 1 aromatic heterocycles. The van der Waals surface area contributed by atoms with Gasteiger partial charge in [0.2, 0.25) is 0 Å². The van der Waals surface area contributed by atoms with Gasteiger partial charge in [-0.2, -0.15) is 0 Å². The van der Waals surface area contributed by atoms with Gasteiger partial charge in [-0.15, -0.1) is 11.3 Å². The summed E-state index contributed by atoms with van der Waals surface area (Å²) in [6.07, 6.45) is 12.9. The van der Waals surface area contributed by atoms with Crippen LogP contribution in [0.25, 0.3) is 6.08 Å². The predicted molar refractivity (Wildman–Crippen MR) is 107 cm³/mol. The zero-order chi connectivity index (χ0) is 16.7. The van der Waals surface area contributed by atoms with Gasteiger partial charge in [-0.05, 0) is 92.2 Å². The van der Waals surface area contributed by atoms with E-state index in [1.165, 1.54) is 63.7 Å². The lowest BCUT2D eigenvalue weighted by Gasteiger charge is -2.40. The molecule has 0 saturated carbocycles. The molecule has 1 saturated heterocycles. The minimum atomic E-state index is 0.332. The zero-order valence-electron chi connectivity index (χ0n) is 14.9. The first-order chi connectivity index (χ1) is 12.3. The second kappa shape index (κ2) is 6.41. The van der Waals surface area contributed by atoms with Crippen molar-refractivity contribution >= 4 is 17.4 Å². The van der Waals surface area contributed by atoms with Crippen LogP contribution < -0.4 is 0 Å². The molecule has 0 bridgehead atoms. The standard InChI is InChI=1S/C23H27NS/c1-2-6-21-19(4-1)8-11-23(21)12-15-24(16-13-23)14-9-18-5-3-7-22-20(18)10-17-25-22/h1-2,4,6,8,10-11,17-18H,3,5,7,9,12-16H2. The van der Waals surface area contributed by atoms with Crippen LogP contribution in [0.3, 0.4) is 0 Å². The number of hydrogen-bond acceptors (Lipinski definition) is 2. The molecule has 25 heavy (non-hydrogen) atoms. The Balaban J connectivity index is 1.21. The van der Waals surface area contributed by atoms with Gasteiger partial charge in [0.05, 0.1) is 0 Å². The second-order valence-electron chi connectivity index (χ2n) is 8.10. The number of fused-ring (bicyclic) bond motifs is 3. The van der Waals surface area contributed by atoms with Crippen LogP contribution in [0.2, 0.25) is 0 Å². The van der Waals surface area contributed by atoms with Gasteiger partial charge in [-0.1, -0.05) is 36.4 Å². The quantitative estimate of drug-likeness (QED) is 0.695. The molecular formula is C23H27NS. The molecule has 3 aliphatic rings. The SMILES string of the molecule is C1=CC2(CCN(CCC3CCCc4sccc43)CC2)c2ccccc21. The lowest BCUT2D eigenvalue weighted by molar-refractivity contribution is 0.178. The van der Waals surface area contributed by atoms with E-state index >= 15 is 0 Å². The molecule has 2 heteroatoms. The van der Waals surface area contributed by atoms with E-state index in [1.807, 2.05) is 11.3 Å². The lowest BCUT2D eigenvalue weighted by atomic mass is 9.74. The van der Waals surface area contributed by atoms with Crippen molar-refractivity contribution in [1.82, 2.24) is 4.90 Å². The van der Waals surface area contributed by atoms with Gasteiger partial charge in [-0.3, -0.25) is 0 Å². The van der Waals surface area contributed by atoms with Gasteiger partial charge in [0.25, 0.3) is 0 Å². The van der Waals surface area contributed by atoms with Gasteiger partial charge in [0.15, 0.2) is 0 Å². The number of aryl methyl sites for hydroxylation is 1. The van der Waals surface area contributed by atoms with Crippen LogP contribution in [-0.2, 0) is 11.8 Å². The number of benzene rings is 1. The maximum atomic E-state index is 2.72. The third-order valence-electron chi connectivity index (χ3n) is 6.80. The van der Waals surface area contributed by atoms with Crippen molar-refractivity contribution in [3.05, 3.63) is 63.4 Å². The lowest BCUT2D eigenvalue weighted by Crippen LogP contribution is -2.41. The summed E-state index contributed by atoms with van der Waals surface area (Å²) in [5, 5.41) is 2.30. The maximum Gasteiger partial charge on any atom is 0.0165 e. The molecule has 1 atom stereocenters. The Hall–Kier alpha value is -1.38. The molecule has 0 N–H and O–H groups in total. The summed E-state index contributed by atoms with van der Waals surface area (Å²) in [4.78, 5) is 4.39. The van der Waals surface area contributed by atoms with Crippen molar-refractivity contribution < 1.29 is 0 Å². The third kappa shape index (κ3) is 2.80. The number of rotatable bonds is 3. The summed E-state index contributed by atoms with van der Waals surface area (Å²) in [5.74, 6) is 0.818. The number of allylic oxidation sites excluding steroid dienone is 1. The van der Waals surface area contributed by atoms with Gasteiger partial charge in [-0.25, -0.2) is 0 Å². The Bertz CT molecular complexity index is 779. The van der Waals surface area contributed by atoms with Crippen LogP contribution in [0.5, 0.6) is 0 Å². The molecule has 2 aliphatic carbocycles. The molecule has 1 aromatic carbocycles. The van der Waals surface area contributed by atoms with Crippen LogP contribution in [0.15, 0.2) is 41.8 Å². The molecule has 1 fully saturated rings. The third-order valence-corrected chi connectivity index (χ3v) is 7.79. The fourth-order valence-electron chi connectivity index (χ4n) is 5.27. The average Bonchev–Trinajstić information content (AvgIpc) is 3.28. The van der Waals surface area contributed by atoms with Crippen LogP contribution in [0.4, 0.5) is 0 Å². The smallest absolute Gasteiger partial charge is 0.0165 e. The van der Waals surface area contributed by atoms with E-state index in [0.29, 0.717) is 5.41 Å². The molecule has 1 aliphatic heterocycles. The molecule has 2 aromatic rings. The molecule has 1 nitrogen and oxygen atoms in total. The highest BCUT2D eigenvalue weighted by Gasteiger charge is 2.37. The number of hydrogen-bond donors (Lipinski definition) is 0. The van der Waals surface area contributed by atoms with Crippen molar-refractivity contribution in [2.45, 2.75) is 49.9 Å². The Morgan fingerprint density at radius 3 is 2.92 bits per heavy atom. The Labute approximate surface area is 155 Å². The van der Waals surface area contributed by atoms with E-state index in [9.17, 15) is 0 Å². The first kappa shape index (κ1) is 15.8. The molecule has 1 unspecified atom stereocenters. The summed E-state index contributed by atoms with van der Waals surface area (Å²) < 4.78 is 0. The first-order valence-corrected chi connectivity index (χ1v) is 10.8. The van der Waals surface area contributed by atoms with Crippen molar-refractivity contribution in [3.8, 4) is 0 Å². The van der Waals surface area contributed by atoms with E-state index in [1.54, 1.807) is 16.0 Å². The number of piperidine rings is 1. The molecule has 130 valence electrons. The number of thiophene rings is 1. The first-order valence-electron chi connectivity index (χ1n) is 9.91. The Kier molecular flexibility index (Phi) is 4.06. The van der Waals surface area contributed by atoms with Crippen molar-refractivity contribution in [2.24, 2.45) is 0 Å². The summed E-state index contributed by atoms with van der Waals surface area (Å²) in [5.41, 5.74) is 5.03. The highest BCUT2D eigenvalue weighted by molar-refractivity contribution is 7.10. The summed E-state index contributed by atoms with van der Waals surface area (Å²) in [7, 11) is 0. The Morgan fingerprint density at radius 2 is 2.00 bits per heavy atom. The monoisotopic (exact) mass is 349 g/mol. The second-order valence-corrected chi connectivity index (χ2v) is 9.10. The van der Waals surface area contributed by atoms with E-state index in [0.717, 1.165) is 5.92 Å². The summed E-state index contributed by atoms with van der Waals surface area (Å²) in [6, 6.07) is 11.4. The van der Waals surface area contributed by atoms with Crippen LogP contribution >= 0.6 is 11.3 Å². The molecule has 5 rings (SSSR count). The highest BCUT2D eigenvalue weighted by atomic mass is 32.1. The number of likely N-dealkylation sites (tertiary alicyclic amines) is 1. The van der Waals surface area contributed by atoms with Crippen molar-refractivity contribution in [1.29, 1.82) is 0 Å². The fourth-order valence-corrected chi connectivity index (χ4v) is 6.28. The van der Waals surface area contributed by atoms with Crippen LogP contribution in [-0.4, -0.2) is 24.5 Å².